The summed E-state index contributed by atoms with van der Waals surface area (Å²) in [6.07, 6.45) is 2.00. The average molecular weight is 441 g/mol. The minimum Gasteiger partial charge on any atom is -0.337 e. The molecule has 0 spiro atoms. The number of nitrogens with zero attached hydrogens (tertiary/aromatic N) is 2. The molecule has 0 fully saturated rings. The molecule has 0 saturated heterocycles. The number of amides is 1. The molecule has 8 heteroatoms. The number of hydrogen-bond donors (Lipinski definition) is 0. The smallest absolute Gasteiger partial charge is 0.255 e. The van der Waals surface area contributed by atoms with E-state index >= 15 is 0 Å². The number of carbonyl (C=O) groups is 1. The van der Waals surface area contributed by atoms with Crippen LogP contribution in [0.5, 0.6) is 0 Å². The Morgan fingerprint density at radius 2 is 1.71 bits per heavy atom. The zero-order valence-corrected chi connectivity index (χ0v) is 19.0. The maximum absolute atomic E-state index is 12.9. The Balaban J connectivity index is 2.29. The van der Waals surface area contributed by atoms with Gasteiger partial charge in [0.1, 0.15) is 0 Å². The van der Waals surface area contributed by atoms with Crippen molar-refractivity contribution in [2.24, 2.45) is 0 Å². The summed E-state index contributed by atoms with van der Waals surface area (Å²) < 4.78 is 26.7. The summed E-state index contributed by atoms with van der Waals surface area (Å²) in [7, 11) is -0.518. The lowest BCUT2D eigenvalue weighted by molar-refractivity contribution is 0.0785. The van der Waals surface area contributed by atoms with Crippen LogP contribution in [0.25, 0.3) is 0 Å². The van der Waals surface area contributed by atoms with Crippen LogP contribution in [0.4, 0.5) is 0 Å². The second-order valence-corrected chi connectivity index (χ2v) is 10.1. The average Bonchev–Trinajstić information content (AvgIpc) is 2.67. The van der Waals surface area contributed by atoms with Gasteiger partial charge in [-0.15, -0.1) is 11.8 Å². The first-order valence-corrected chi connectivity index (χ1v) is 11.8. The van der Waals surface area contributed by atoms with Gasteiger partial charge in [0, 0.05) is 31.6 Å². The summed E-state index contributed by atoms with van der Waals surface area (Å²) >= 11 is 7.86. The molecule has 152 valence electrons. The van der Waals surface area contributed by atoms with Gasteiger partial charge in [-0.05, 0) is 56.0 Å². The van der Waals surface area contributed by atoms with E-state index in [9.17, 15) is 13.2 Å². The van der Waals surface area contributed by atoms with E-state index < -0.39 is 10.0 Å². The van der Waals surface area contributed by atoms with Crippen molar-refractivity contribution in [1.29, 1.82) is 0 Å². The normalized spacial score (nSPS) is 11.9. The van der Waals surface area contributed by atoms with Crippen molar-refractivity contribution in [2.75, 3.05) is 20.4 Å². The van der Waals surface area contributed by atoms with E-state index in [0.717, 1.165) is 10.5 Å². The third kappa shape index (κ3) is 5.08. The number of halogens is 1. The highest BCUT2D eigenvalue weighted by molar-refractivity contribution is 7.98. The maximum Gasteiger partial charge on any atom is 0.255 e. The van der Waals surface area contributed by atoms with Gasteiger partial charge in [-0.1, -0.05) is 23.7 Å². The highest BCUT2D eigenvalue weighted by Gasteiger charge is 2.25. The maximum atomic E-state index is 12.9. The predicted molar refractivity (Wildman–Crippen MR) is 116 cm³/mol. The lowest BCUT2D eigenvalue weighted by Gasteiger charge is -2.22. The highest BCUT2D eigenvalue weighted by Crippen LogP contribution is 2.25. The van der Waals surface area contributed by atoms with Crippen LogP contribution in [0.3, 0.4) is 0 Å². The van der Waals surface area contributed by atoms with Gasteiger partial charge in [-0.3, -0.25) is 4.79 Å². The number of hydrogen-bond acceptors (Lipinski definition) is 4. The van der Waals surface area contributed by atoms with Crippen molar-refractivity contribution in [2.45, 2.75) is 36.2 Å². The molecule has 0 bridgehead atoms. The van der Waals surface area contributed by atoms with Crippen LogP contribution in [-0.2, 0) is 16.6 Å². The van der Waals surface area contributed by atoms with Crippen LogP contribution >= 0.6 is 23.4 Å². The fraction of sp³-hybridized carbons (Fsp3) is 0.350. The second-order valence-electron chi connectivity index (χ2n) is 6.77. The Labute approximate surface area is 176 Å². The summed E-state index contributed by atoms with van der Waals surface area (Å²) in [6, 6.07) is 12.0. The van der Waals surface area contributed by atoms with E-state index in [-0.39, 0.29) is 27.4 Å². The highest BCUT2D eigenvalue weighted by atomic mass is 35.5. The third-order valence-corrected chi connectivity index (χ3v) is 7.60. The molecular formula is C20H25ClN2O3S2. The molecule has 0 aliphatic rings. The standard InChI is InChI=1S/C20H25ClN2O3S2/c1-14(2)23(4)28(25,26)17-10-11-19(21)18(12-17)20(24)22(3)13-15-6-8-16(27-5)9-7-15/h6-12,14H,13H2,1-5H3. The van der Waals surface area contributed by atoms with Crippen molar-refractivity contribution < 1.29 is 13.2 Å². The van der Waals surface area contributed by atoms with E-state index in [1.165, 1.54) is 34.5 Å². The van der Waals surface area contributed by atoms with Crippen LogP contribution < -0.4 is 0 Å². The van der Waals surface area contributed by atoms with Gasteiger partial charge < -0.3 is 4.90 Å². The van der Waals surface area contributed by atoms with Gasteiger partial charge in [-0.2, -0.15) is 4.31 Å². The topological polar surface area (TPSA) is 57.7 Å². The Bertz CT molecular complexity index is 944. The Morgan fingerprint density at radius 3 is 2.25 bits per heavy atom. The number of carbonyl (C=O) groups excluding carboxylic acids is 1. The van der Waals surface area contributed by atoms with Crippen molar-refractivity contribution in [3.05, 3.63) is 58.6 Å². The van der Waals surface area contributed by atoms with Gasteiger partial charge in [-0.25, -0.2) is 8.42 Å². The number of thioether (sulfide) groups is 1. The molecule has 28 heavy (non-hydrogen) atoms. The molecule has 0 aliphatic heterocycles. The van der Waals surface area contributed by atoms with Crippen LogP contribution in [0.1, 0.15) is 29.8 Å². The quantitative estimate of drug-likeness (QED) is 0.600. The van der Waals surface area contributed by atoms with E-state index in [4.69, 9.17) is 11.6 Å². The van der Waals surface area contributed by atoms with Crippen molar-refractivity contribution in [3.8, 4) is 0 Å². The largest absolute Gasteiger partial charge is 0.337 e. The number of sulfonamides is 1. The van der Waals surface area contributed by atoms with Crippen LogP contribution in [0.15, 0.2) is 52.3 Å². The minimum absolute atomic E-state index is 0.0502. The zero-order valence-electron chi connectivity index (χ0n) is 16.6. The van der Waals surface area contributed by atoms with Gasteiger partial charge in [0.05, 0.1) is 15.5 Å². The molecule has 0 aliphatic carbocycles. The van der Waals surface area contributed by atoms with Crippen LogP contribution in [0, 0.1) is 0 Å². The van der Waals surface area contributed by atoms with Gasteiger partial charge in [0.2, 0.25) is 10.0 Å². The first kappa shape index (κ1) is 22.7. The van der Waals surface area contributed by atoms with Gasteiger partial charge in [0.25, 0.3) is 5.91 Å². The first-order chi connectivity index (χ1) is 13.1. The summed E-state index contributed by atoms with van der Waals surface area (Å²) in [6.45, 7) is 3.97. The Kier molecular flexibility index (Phi) is 7.56. The van der Waals surface area contributed by atoms with Gasteiger partial charge in [0.15, 0.2) is 0 Å². The second kappa shape index (κ2) is 9.31. The molecule has 2 aromatic carbocycles. The zero-order chi connectivity index (χ0) is 21.1. The van der Waals surface area contributed by atoms with Crippen molar-refractivity contribution in [1.82, 2.24) is 9.21 Å². The molecule has 0 N–H and O–H groups in total. The SMILES string of the molecule is CSc1ccc(CN(C)C(=O)c2cc(S(=O)(=O)N(C)C(C)C)ccc2Cl)cc1. The Morgan fingerprint density at radius 1 is 1.11 bits per heavy atom. The lowest BCUT2D eigenvalue weighted by atomic mass is 10.1. The molecule has 0 saturated carbocycles. The van der Waals surface area contributed by atoms with Crippen LogP contribution in [-0.4, -0.2) is 49.9 Å². The molecule has 0 unspecified atom stereocenters. The summed E-state index contributed by atoms with van der Waals surface area (Å²) in [5.41, 5.74) is 1.15. The fourth-order valence-corrected chi connectivity index (χ4v) is 4.56. The van der Waals surface area contributed by atoms with E-state index in [1.807, 2.05) is 30.5 Å². The molecule has 5 nitrogen and oxygen atoms in total. The Hall–Kier alpha value is -1.54. The molecule has 2 rings (SSSR count). The molecule has 2 aromatic rings. The summed E-state index contributed by atoms with van der Waals surface area (Å²) in [4.78, 5) is 15.6. The molecule has 0 aromatic heterocycles. The summed E-state index contributed by atoms with van der Waals surface area (Å²) in [5, 5.41) is 0.223. The number of rotatable bonds is 7. The first-order valence-electron chi connectivity index (χ1n) is 8.74. The molecule has 0 heterocycles. The molecule has 1 amide bonds. The number of benzene rings is 2. The van der Waals surface area contributed by atoms with E-state index in [0.29, 0.717) is 6.54 Å². The van der Waals surface area contributed by atoms with Crippen molar-refractivity contribution >= 4 is 39.3 Å². The summed E-state index contributed by atoms with van der Waals surface area (Å²) in [5.74, 6) is -0.330. The molecule has 0 radical (unpaired) electrons. The van der Waals surface area contributed by atoms with Gasteiger partial charge >= 0.3 is 0 Å². The molecular weight excluding hydrogens is 416 g/mol. The third-order valence-electron chi connectivity index (χ3n) is 4.50. The predicted octanol–water partition coefficient (Wildman–Crippen LogP) is 4.36. The van der Waals surface area contributed by atoms with E-state index in [1.54, 1.807) is 32.7 Å². The van der Waals surface area contributed by atoms with E-state index in [2.05, 4.69) is 0 Å². The lowest BCUT2D eigenvalue weighted by Crippen LogP contribution is -2.33. The fourth-order valence-electron chi connectivity index (χ4n) is 2.55. The molecule has 0 atom stereocenters. The monoisotopic (exact) mass is 440 g/mol. The van der Waals surface area contributed by atoms with Crippen molar-refractivity contribution in [3.63, 3.8) is 0 Å². The minimum atomic E-state index is -3.70. The van der Waals surface area contributed by atoms with Crippen LogP contribution in [0.2, 0.25) is 5.02 Å².